The van der Waals surface area contributed by atoms with Crippen molar-refractivity contribution in [2.24, 2.45) is 5.92 Å². The largest absolute Gasteiger partial charge is 0.325 e. The maximum Gasteiger partial charge on any atom is 0.251 e. The summed E-state index contributed by atoms with van der Waals surface area (Å²) < 4.78 is 0. The van der Waals surface area contributed by atoms with Gasteiger partial charge in [0.05, 0.1) is 10.9 Å². The number of hydrogen-bond donors (Lipinski definition) is 2. The number of para-hydroxylation sites is 1. The van der Waals surface area contributed by atoms with E-state index in [4.69, 9.17) is 11.6 Å². The van der Waals surface area contributed by atoms with Gasteiger partial charge in [0.25, 0.3) is 5.91 Å². The summed E-state index contributed by atoms with van der Waals surface area (Å²) in [5.41, 5.74) is 2.46. The third-order valence-corrected chi connectivity index (χ3v) is 9.55. The quantitative estimate of drug-likeness (QED) is 0.476. The highest BCUT2D eigenvalue weighted by Gasteiger charge is 2.81. The average molecular weight is 512 g/mol. The lowest BCUT2D eigenvalue weighted by atomic mass is 9.57. The number of amides is 2. The molecule has 0 radical (unpaired) electrons. The van der Waals surface area contributed by atoms with Crippen LogP contribution in [0.2, 0.25) is 5.02 Å². The molecule has 0 bridgehead atoms. The molecule has 0 aliphatic carbocycles. The number of rotatable bonds is 2. The molecule has 2 fully saturated rings. The van der Waals surface area contributed by atoms with E-state index in [0.29, 0.717) is 34.8 Å². The fourth-order valence-electron chi connectivity index (χ4n) is 7.72. The van der Waals surface area contributed by atoms with Gasteiger partial charge in [-0.05, 0) is 68.1 Å². The topological polar surface area (TPSA) is 78.5 Å². The Morgan fingerprint density at radius 1 is 0.946 bits per heavy atom. The van der Waals surface area contributed by atoms with Crippen LogP contribution in [0, 0.1) is 19.8 Å². The Kier molecular flexibility index (Phi) is 4.62. The molecule has 2 saturated heterocycles. The molecule has 3 aromatic rings. The van der Waals surface area contributed by atoms with Gasteiger partial charge in [0.1, 0.15) is 11.0 Å². The summed E-state index contributed by atoms with van der Waals surface area (Å²) >= 11 is 6.56. The van der Waals surface area contributed by atoms with E-state index in [2.05, 4.69) is 15.5 Å². The van der Waals surface area contributed by atoms with Gasteiger partial charge in [0.15, 0.2) is 5.78 Å². The Bertz CT molecular complexity index is 1550. The molecule has 7 heteroatoms. The Balaban J connectivity index is 1.61. The zero-order chi connectivity index (χ0) is 25.7. The number of Topliss-reactive ketones (excluding diaryl/α,β-unsaturated/α-hetero) is 1. The molecule has 0 aromatic heterocycles. The zero-order valence-electron chi connectivity index (χ0n) is 20.6. The summed E-state index contributed by atoms with van der Waals surface area (Å²) in [4.78, 5) is 45.7. The second kappa shape index (κ2) is 7.53. The lowest BCUT2D eigenvalue weighted by Crippen LogP contribution is -2.62. The van der Waals surface area contributed by atoms with Crippen LogP contribution in [0.15, 0.2) is 60.7 Å². The van der Waals surface area contributed by atoms with E-state index in [-0.39, 0.29) is 23.6 Å². The van der Waals surface area contributed by atoms with Crippen molar-refractivity contribution >= 4 is 40.6 Å². The summed E-state index contributed by atoms with van der Waals surface area (Å²) in [5.74, 6) is -1.55. The summed E-state index contributed by atoms with van der Waals surface area (Å²) in [7, 11) is 0. The Morgan fingerprint density at radius 3 is 2.51 bits per heavy atom. The number of nitrogens with one attached hydrogen (secondary N) is 2. The smallest absolute Gasteiger partial charge is 0.251 e. The average Bonchev–Trinajstić information content (AvgIpc) is 3.60. The molecule has 4 aliphatic rings. The number of carbonyl (C=O) groups excluding carboxylic acids is 3. The van der Waals surface area contributed by atoms with E-state index >= 15 is 0 Å². The standard InChI is InChI=1S/C30H26ClN3O3/c1-16-13-14-20-25(17(16)2)33-28(37)30(20)29(19-9-4-6-11-22(19)32-27(29)36)24(23-12-7-15-34(23)30)26(35)18-8-3-5-10-21(18)31/h3-6,8-11,13-14,23-24H,7,12,15H2,1-2H3,(H,32,36)(H,33,37)/t23-,24-,29+,30+/m0/s1. The Morgan fingerprint density at radius 2 is 1.70 bits per heavy atom. The molecule has 37 heavy (non-hydrogen) atoms. The van der Waals surface area contributed by atoms with Gasteiger partial charge in [-0.2, -0.15) is 0 Å². The Labute approximate surface area is 220 Å². The zero-order valence-corrected chi connectivity index (χ0v) is 21.4. The fraction of sp³-hybridized carbons (Fsp3) is 0.300. The lowest BCUT2D eigenvalue weighted by molar-refractivity contribution is -0.137. The fourth-order valence-corrected chi connectivity index (χ4v) is 7.95. The van der Waals surface area contributed by atoms with E-state index in [9.17, 15) is 14.4 Å². The second-order valence-corrected chi connectivity index (χ2v) is 11.0. The van der Waals surface area contributed by atoms with Crippen LogP contribution in [-0.2, 0) is 20.5 Å². The summed E-state index contributed by atoms with van der Waals surface area (Å²) in [6, 6.07) is 18.2. The molecule has 186 valence electrons. The number of fused-ring (bicyclic) bond motifs is 7. The predicted octanol–water partition coefficient (Wildman–Crippen LogP) is 4.97. The van der Waals surface area contributed by atoms with Gasteiger partial charge in [-0.15, -0.1) is 0 Å². The van der Waals surface area contributed by atoms with Gasteiger partial charge in [0.2, 0.25) is 5.91 Å². The van der Waals surface area contributed by atoms with Crippen LogP contribution in [-0.4, -0.2) is 35.1 Å². The molecule has 2 N–H and O–H groups in total. The molecular formula is C30H26ClN3O3. The van der Waals surface area contributed by atoms with Crippen molar-refractivity contribution in [2.45, 2.75) is 43.7 Å². The number of anilines is 2. The Hall–Kier alpha value is -3.48. The number of nitrogens with zero attached hydrogens (tertiary/aromatic N) is 1. The predicted molar refractivity (Wildman–Crippen MR) is 142 cm³/mol. The third kappa shape index (κ3) is 2.48. The SMILES string of the molecule is Cc1ccc2c(c1C)NC(=O)[C@]21N2CCC[C@H]2[C@@H](C(=O)c2ccccc2Cl)[C@]12C(=O)Nc1ccccc12. The van der Waals surface area contributed by atoms with Crippen molar-refractivity contribution in [3.05, 3.63) is 93.5 Å². The van der Waals surface area contributed by atoms with Crippen molar-refractivity contribution in [2.75, 3.05) is 17.2 Å². The van der Waals surface area contributed by atoms with Crippen molar-refractivity contribution in [1.29, 1.82) is 0 Å². The number of aryl methyl sites for hydroxylation is 1. The number of halogens is 1. The molecule has 7 rings (SSSR count). The first-order chi connectivity index (χ1) is 17.8. The molecule has 4 atom stereocenters. The van der Waals surface area contributed by atoms with Crippen LogP contribution in [0.5, 0.6) is 0 Å². The van der Waals surface area contributed by atoms with E-state index in [0.717, 1.165) is 28.8 Å². The van der Waals surface area contributed by atoms with Crippen LogP contribution in [0.1, 0.15) is 45.5 Å². The molecule has 4 aliphatic heterocycles. The maximum atomic E-state index is 14.6. The van der Waals surface area contributed by atoms with E-state index in [1.54, 1.807) is 24.3 Å². The third-order valence-electron chi connectivity index (χ3n) is 9.22. The number of hydrogen-bond acceptors (Lipinski definition) is 4. The monoisotopic (exact) mass is 511 g/mol. The van der Waals surface area contributed by atoms with E-state index < -0.39 is 16.9 Å². The number of ketones is 1. The second-order valence-electron chi connectivity index (χ2n) is 10.6. The number of benzene rings is 3. The van der Waals surface area contributed by atoms with Gasteiger partial charge in [-0.1, -0.05) is 54.1 Å². The summed E-state index contributed by atoms with van der Waals surface area (Å²) in [6.45, 7) is 4.62. The van der Waals surface area contributed by atoms with Gasteiger partial charge in [0, 0.05) is 28.5 Å². The van der Waals surface area contributed by atoms with Crippen LogP contribution >= 0.6 is 11.6 Å². The molecule has 2 amide bonds. The van der Waals surface area contributed by atoms with Crippen LogP contribution in [0.25, 0.3) is 0 Å². The van der Waals surface area contributed by atoms with E-state index in [1.165, 1.54) is 0 Å². The summed E-state index contributed by atoms with van der Waals surface area (Å²) in [6.07, 6.45) is 1.55. The van der Waals surface area contributed by atoms with Crippen molar-refractivity contribution < 1.29 is 14.4 Å². The highest BCUT2D eigenvalue weighted by atomic mass is 35.5. The van der Waals surface area contributed by atoms with Crippen LogP contribution < -0.4 is 10.6 Å². The molecule has 6 nitrogen and oxygen atoms in total. The van der Waals surface area contributed by atoms with Crippen LogP contribution in [0.4, 0.5) is 11.4 Å². The first kappa shape index (κ1) is 22.7. The number of carbonyl (C=O) groups is 3. The maximum absolute atomic E-state index is 14.6. The van der Waals surface area contributed by atoms with Crippen LogP contribution in [0.3, 0.4) is 0 Å². The van der Waals surface area contributed by atoms with Gasteiger partial charge >= 0.3 is 0 Å². The first-order valence-electron chi connectivity index (χ1n) is 12.7. The first-order valence-corrected chi connectivity index (χ1v) is 13.1. The minimum atomic E-state index is -1.46. The minimum absolute atomic E-state index is 0.198. The molecule has 4 heterocycles. The highest BCUT2D eigenvalue weighted by molar-refractivity contribution is 6.34. The lowest BCUT2D eigenvalue weighted by Gasteiger charge is -2.43. The minimum Gasteiger partial charge on any atom is -0.325 e. The summed E-state index contributed by atoms with van der Waals surface area (Å²) in [5, 5.41) is 6.58. The van der Waals surface area contributed by atoms with Gasteiger partial charge < -0.3 is 10.6 Å². The molecule has 0 unspecified atom stereocenters. The van der Waals surface area contributed by atoms with Gasteiger partial charge in [-0.25, -0.2) is 0 Å². The van der Waals surface area contributed by atoms with Gasteiger partial charge in [-0.3, -0.25) is 19.3 Å². The van der Waals surface area contributed by atoms with E-state index in [1.807, 2.05) is 50.2 Å². The van der Waals surface area contributed by atoms with Crippen molar-refractivity contribution in [3.8, 4) is 0 Å². The highest BCUT2D eigenvalue weighted by Crippen LogP contribution is 2.68. The molecule has 3 aromatic carbocycles. The molecular weight excluding hydrogens is 486 g/mol. The molecule has 2 spiro atoms. The molecule has 0 saturated carbocycles. The van der Waals surface area contributed by atoms with Crippen molar-refractivity contribution in [3.63, 3.8) is 0 Å². The van der Waals surface area contributed by atoms with Crippen molar-refractivity contribution in [1.82, 2.24) is 4.90 Å². The normalized spacial score (nSPS) is 29.4.